The van der Waals surface area contributed by atoms with Gasteiger partial charge in [-0.1, -0.05) is 39.0 Å². The normalized spacial score (nSPS) is 23.6. The molecular formula is C37H51N9O6. The van der Waals surface area contributed by atoms with E-state index < -0.39 is 29.4 Å². The molecule has 15 nitrogen and oxygen atoms in total. The minimum atomic E-state index is -1.13. The highest BCUT2D eigenvalue weighted by Gasteiger charge is 2.47. The Hall–Kier alpha value is -4.81. The van der Waals surface area contributed by atoms with E-state index in [0.29, 0.717) is 44.1 Å². The van der Waals surface area contributed by atoms with E-state index in [4.69, 9.17) is 10.5 Å². The van der Waals surface area contributed by atoms with Crippen molar-refractivity contribution >= 4 is 46.2 Å². The Labute approximate surface area is 303 Å². The van der Waals surface area contributed by atoms with Crippen molar-refractivity contribution in [2.24, 2.45) is 34.4 Å². The second-order valence-corrected chi connectivity index (χ2v) is 14.9. The van der Waals surface area contributed by atoms with Gasteiger partial charge in [-0.25, -0.2) is 0 Å². The fraction of sp³-hybridized carbons (Fsp3) is 0.595. The first-order valence-corrected chi connectivity index (χ1v) is 18.2. The number of Topliss-reactive ketones (excluding diaryl/α,β-unsaturated/α-hetero) is 1. The van der Waals surface area contributed by atoms with Crippen LogP contribution in [0.4, 0.5) is 0 Å². The summed E-state index contributed by atoms with van der Waals surface area (Å²) >= 11 is 0. The monoisotopic (exact) mass is 717 g/mol. The molecule has 0 bridgehead atoms. The highest BCUT2D eigenvalue weighted by Crippen LogP contribution is 2.28. The van der Waals surface area contributed by atoms with Gasteiger partial charge in [0.1, 0.15) is 35.8 Å². The Kier molecular flexibility index (Phi) is 12.7. The third kappa shape index (κ3) is 9.54. The van der Waals surface area contributed by atoms with Crippen LogP contribution in [0.25, 0.3) is 10.9 Å². The Balaban J connectivity index is 1.23. The van der Waals surface area contributed by atoms with Gasteiger partial charge in [0.05, 0.1) is 18.7 Å². The number of nitriles is 1. The smallest absolute Gasteiger partial charge is 0.268 e. The number of carbonyl (C=O) groups is 5. The minimum absolute atomic E-state index is 0.0856. The summed E-state index contributed by atoms with van der Waals surface area (Å²) in [4.78, 5) is 73.2. The molecule has 5 rings (SSSR count). The first-order valence-electron chi connectivity index (χ1n) is 18.2. The standard InChI is InChI=1S/C37H51N9O6/c1-21(2)12-27(39)32-42-20-37(46-32,16-25-9-11-41-34(25)49)31(47)19-52-18-22(3)13-29(35(50)43-26(17-38)14-24-8-10-40-33(24)48)45-36(51)30-15-23-6-4-5-7-28(23)44-30/h4-7,15,21-22,24-27,29,44H,8-14,16,18-20,39H2,1-3H3,(H,40,48)(H,41,49)(H,42,46)(H,43,50)(H,45,51)/t22?,24-,25-,26-,27-,29-,37-/m0/s1. The zero-order chi connectivity index (χ0) is 37.4. The lowest BCUT2D eigenvalue weighted by atomic mass is 9.83. The van der Waals surface area contributed by atoms with Crippen molar-refractivity contribution in [2.75, 3.05) is 32.8 Å². The number of aromatic nitrogens is 1. The molecule has 2 saturated heterocycles. The van der Waals surface area contributed by atoms with Crippen LogP contribution in [0.15, 0.2) is 35.3 Å². The summed E-state index contributed by atoms with van der Waals surface area (Å²) in [7, 11) is 0. The van der Waals surface area contributed by atoms with E-state index in [0.717, 1.165) is 10.9 Å². The van der Waals surface area contributed by atoms with Crippen molar-refractivity contribution < 1.29 is 28.7 Å². The van der Waals surface area contributed by atoms with Gasteiger partial charge in [0, 0.05) is 42.4 Å². The van der Waals surface area contributed by atoms with Crippen LogP contribution in [0, 0.1) is 35.0 Å². The summed E-state index contributed by atoms with van der Waals surface area (Å²) in [6.45, 7) is 7.01. The summed E-state index contributed by atoms with van der Waals surface area (Å²) in [5.41, 5.74) is 6.32. The quantitative estimate of drug-likeness (QED) is 0.117. The average molecular weight is 718 g/mol. The van der Waals surface area contributed by atoms with Gasteiger partial charge < -0.3 is 42.0 Å². The summed E-state index contributed by atoms with van der Waals surface area (Å²) in [5.74, 6) is -1.71. The maximum Gasteiger partial charge on any atom is 0.268 e. The predicted octanol–water partition coefficient (Wildman–Crippen LogP) is 1.05. The molecule has 280 valence electrons. The molecule has 0 saturated carbocycles. The number of hydrogen-bond acceptors (Lipinski definition) is 10. The average Bonchev–Trinajstić information content (AvgIpc) is 3.92. The number of ether oxygens (including phenoxy) is 1. The van der Waals surface area contributed by atoms with E-state index in [2.05, 4.69) is 56.5 Å². The van der Waals surface area contributed by atoms with Crippen LogP contribution in [0.1, 0.15) is 69.8 Å². The van der Waals surface area contributed by atoms with Crippen molar-refractivity contribution in [3.63, 3.8) is 0 Å². The summed E-state index contributed by atoms with van der Waals surface area (Å²) in [5, 5.41) is 25.1. The zero-order valence-corrected chi connectivity index (χ0v) is 30.1. The van der Waals surface area contributed by atoms with Gasteiger partial charge in [0.15, 0.2) is 5.78 Å². The minimum Gasteiger partial charge on any atom is -0.373 e. The molecule has 4 amide bonds. The van der Waals surface area contributed by atoms with Crippen LogP contribution >= 0.6 is 0 Å². The fourth-order valence-corrected chi connectivity index (χ4v) is 7.22. The highest BCUT2D eigenvalue weighted by molar-refractivity contribution is 6.01. The second kappa shape index (κ2) is 17.1. The highest BCUT2D eigenvalue weighted by atomic mass is 16.5. The number of amides is 4. The molecule has 2 aromatic rings. The Bertz CT molecular complexity index is 1680. The number of fused-ring (bicyclic) bond motifs is 1. The Morgan fingerprint density at radius 1 is 1.06 bits per heavy atom. The lowest BCUT2D eigenvalue weighted by Gasteiger charge is -2.31. The van der Waals surface area contributed by atoms with E-state index >= 15 is 0 Å². The maximum absolute atomic E-state index is 13.8. The largest absolute Gasteiger partial charge is 0.373 e. The van der Waals surface area contributed by atoms with Gasteiger partial charge in [-0.2, -0.15) is 5.26 Å². The first-order chi connectivity index (χ1) is 24.9. The van der Waals surface area contributed by atoms with Gasteiger partial charge in [-0.05, 0) is 62.5 Å². The number of hydrogen-bond donors (Lipinski definition) is 7. The molecule has 15 heteroatoms. The molecule has 1 unspecified atom stereocenters. The molecule has 0 aliphatic carbocycles. The predicted molar refractivity (Wildman–Crippen MR) is 194 cm³/mol. The molecule has 7 atom stereocenters. The van der Waals surface area contributed by atoms with E-state index in [9.17, 15) is 29.2 Å². The molecule has 52 heavy (non-hydrogen) atoms. The fourth-order valence-electron chi connectivity index (χ4n) is 7.22. The van der Waals surface area contributed by atoms with Gasteiger partial charge in [-0.15, -0.1) is 0 Å². The van der Waals surface area contributed by atoms with Crippen LogP contribution in [-0.2, 0) is 23.9 Å². The number of aromatic amines is 1. The molecule has 1 aromatic carbocycles. The number of rotatable bonds is 18. The topological polar surface area (TPSA) is 233 Å². The third-order valence-electron chi connectivity index (χ3n) is 10.1. The molecule has 0 radical (unpaired) electrons. The summed E-state index contributed by atoms with van der Waals surface area (Å²) in [6, 6.07) is 8.83. The molecule has 3 aliphatic rings. The van der Waals surface area contributed by atoms with Gasteiger partial charge in [0.25, 0.3) is 5.91 Å². The van der Waals surface area contributed by atoms with E-state index in [-0.39, 0.29) is 86.1 Å². The molecule has 3 aliphatic heterocycles. The van der Waals surface area contributed by atoms with Crippen LogP contribution in [0.5, 0.6) is 0 Å². The van der Waals surface area contributed by atoms with Crippen molar-refractivity contribution in [1.82, 2.24) is 31.6 Å². The number of H-pyrrole nitrogens is 1. The maximum atomic E-state index is 13.8. The van der Waals surface area contributed by atoms with Crippen molar-refractivity contribution in [2.45, 2.75) is 83.0 Å². The summed E-state index contributed by atoms with van der Waals surface area (Å²) < 4.78 is 5.94. The van der Waals surface area contributed by atoms with Crippen LogP contribution in [0.3, 0.4) is 0 Å². The molecule has 1 aromatic heterocycles. The second-order valence-electron chi connectivity index (χ2n) is 14.9. The number of nitrogens with one attached hydrogen (secondary N) is 6. The molecule has 8 N–H and O–H groups in total. The van der Waals surface area contributed by atoms with Crippen molar-refractivity contribution in [1.29, 1.82) is 5.26 Å². The van der Waals surface area contributed by atoms with Crippen molar-refractivity contribution in [3.8, 4) is 6.07 Å². The van der Waals surface area contributed by atoms with Gasteiger partial charge in [-0.3, -0.25) is 29.0 Å². The van der Waals surface area contributed by atoms with E-state index in [1.54, 1.807) is 6.07 Å². The number of nitrogens with two attached hydrogens (primary N) is 1. The number of amidine groups is 1. The molecular weight excluding hydrogens is 666 g/mol. The van der Waals surface area contributed by atoms with E-state index in [1.807, 2.05) is 31.2 Å². The summed E-state index contributed by atoms with van der Waals surface area (Å²) in [6.07, 6.45) is 2.44. The van der Waals surface area contributed by atoms with Crippen LogP contribution < -0.4 is 32.3 Å². The molecule has 2 fully saturated rings. The number of para-hydroxylation sites is 1. The SMILES string of the molecule is CC(C)C[C@H](N)C1=NC[C@@](C[C@@H]2CCNC2=O)(C(=O)COCC(C)C[C@H](NC(=O)c2cc3ccccc3[nH]2)C(=O)N[C@H](C#N)C[C@@H]2CCNC2=O)N1. The van der Waals surface area contributed by atoms with Gasteiger partial charge >= 0.3 is 0 Å². The van der Waals surface area contributed by atoms with Crippen LogP contribution in [-0.4, -0.2) is 96.7 Å². The van der Waals surface area contributed by atoms with E-state index in [1.165, 1.54) is 0 Å². The lowest BCUT2D eigenvalue weighted by Crippen LogP contribution is -2.58. The number of ketones is 1. The number of benzene rings is 1. The first kappa shape index (κ1) is 38.4. The number of aliphatic imine (C=N–C) groups is 1. The molecule has 0 spiro atoms. The number of nitrogens with zero attached hydrogens (tertiary/aromatic N) is 2. The lowest BCUT2D eigenvalue weighted by molar-refractivity contribution is -0.131. The number of carbonyl (C=O) groups excluding carboxylic acids is 5. The molecule has 4 heterocycles. The van der Waals surface area contributed by atoms with Gasteiger partial charge in [0.2, 0.25) is 17.7 Å². The Morgan fingerprint density at radius 3 is 2.42 bits per heavy atom. The van der Waals surface area contributed by atoms with Crippen molar-refractivity contribution in [3.05, 3.63) is 36.0 Å². The van der Waals surface area contributed by atoms with Crippen LogP contribution in [0.2, 0.25) is 0 Å². The Morgan fingerprint density at radius 2 is 1.77 bits per heavy atom. The third-order valence-corrected chi connectivity index (χ3v) is 10.1. The zero-order valence-electron chi connectivity index (χ0n) is 30.1.